The van der Waals surface area contributed by atoms with Crippen LogP contribution in [0.25, 0.3) is 5.69 Å². The Hall–Kier alpha value is -3.00. The van der Waals surface area contributed by atoms with E-state index in [0.717, 1.165) is 21.4 Å². The minimum atomic E-state index is -0.346. The van der Waals surface area contributed by atoms with Gasteiger partial charge in [-0.25, -0.2) is 9.67 Å². The summed E-state index contributed by atoms with van der Waals surface area (Å²) in [7, 11) is 0. The number of rotatable bonds is 5. The van der Waals surface area contributed by atoms with Crippen molar-refractivity contribution in [2.75, 3.05) is 11.4 Å². The average molecular weight is 440 g/mol. The molecule has 2 heterocycles. The van der Waals surface area contributed by atoms with Crippen molar-refractivity contribution in [2.45, 2.75) is 13.0 Å². The summed E-state index contributed by atoms with van der Waals surface area (Å²) in [4.78, 5) is 30.5. The van der Waals surface area contributed by atoms with E-state index in [-0.39, 0.29) is 24.2 Å². The lowest BCUT2D eigenvalue weighted by Gasteiger charge is -2.17. The molecule has 4 rings (SSSR count). The van der Waals surface area contributed by atoms with Crippen molar-refractivity contribution in [2.24, 2.45) is 5.92 Å². The van der Waals surface area contributed by atoms with Crippen LogP contribution in [0.5, 0.6) is 0 Å². The van der Waals surface area contributed by atoms with Crippen LogP contribution in [0.4, 0.5) is 5.69 Å². The third-order valence-electron chi connectivity index (χ3n) is 4.70. The first kappa shape index (κ1) is 18.4. The molecule has 2 aromatic carbocycles. The minimum absolute atomic E-state index is 0.0320. The summed E-state index contributed by atoms with van der Waals surface area (Å²) >= 11 is 3.42. The zero-order chi connectivity index (χ0) is 19.5. The fourth-order valence-corrected chi connectivity index (χ4v) is 3.61. The Morgan fingerprint density at radius 2 is 2.00 bits per heavy atom. The van der Waals surface area contributed by atoms with E-state index in [1.54, 1.807) is 15.9 Å². The molecule has 8 heteroatoms. The number of amides is 2. The summed E-state index contributed by atoms with van der Waals surface area (Å²) in [5.74, 6) is -0.484. The normalized spacial score (nSPS) is 16.4. The van der Waals surface area contributed by atoms with E-state index in [0.29, 0.717) is 13.1 Å². The molecule has 3 aromatic rings. The molecule has 1 unspecified atom stereocenters. The number of hydrogen-bond acceptors (Lipinski definition) is 4. The van der Waals surface area contributed by atoms with Gasteiger partial charge in [-0.15, -0.1) is 0 Å². The highest BCUT2D eigenvalue weighted by Crippen LogP contribution is 2.27. The Kier molecular flexibility index (Phi) is 5.21. The molecule has 1 saturated heterocycles. The highest BCUT2D eigenvalue weighted by molar-refractivity contribution is 9.10. The fourth-order valence-electron chi connectivity index (χ4n) is 3.22. The zero-order valence-electron chi connectivity index (χ0n) is 15.0. The number of carbonyl (C=O) groups is 2. The molecule has 0 spiro atoms. The number of anilines is 1. The fraction of sp³-hybridized carbons (Fsp3) is 0.200. The number of nitrogens with zero attached hydrogens (tertiary/aromatic N) is 4. The molecular formula is C20H18BrN5O2. The lowest BCUT2D eigenvalue weighted by molar-refractivity contribution is -0.126. The smallest absolute Gasteiger partial charge is 0.227 e. The molecule has 1 fully saturated rings. The van der Waals surface area contributed by atoms with Crippen LogP contribution in [0.3, 0.4) is 0 Å². The molecule has 0 saturated carbocycles. The lowest BCUT2D eigenvalue weighted by Crippen LogP contribution is -2.32. The van der Waals surface area contributed by atoms with Crippen molar-refractivity contribution in [3.63, 3.8) is 0 Å². The Morgan fingerprint density at radius 1 is 1.18 bits per heavy atom. The molecule has 1 atom stereocenters. The number of hydrogen-bond donors (Lipinski definition) is 1. The van der Waals surface area contributed by atoms with Crippen molar-refractivity contribution in [3.8, 4) is 5.69 Å². The van der Waals surface area contributed by atoms with Gasteiger partial charge in [-0.3, -0.25) is 9.59 Å². The largest absolute Gasteiger partial charge is 0.352 e. The number of halogens is 1. The third-order valence-corrected chi connectivity index (χ3v) is 5.20. The lowest BCUT2D eigenvalue weighted by atomic mass is 10.1. The molecule has 1 aliphatic rings. The Labute approximate surface area is 170 Å². The van der Waals surface area contributed by atoms with Crippen LogP contribution < -0.4 is 10.2 Å². The van der Waals surface area contributed by atoms with Crippen LogP contribution in [-0.4, -0.2) is 33.1 Å². The van der Waals surface area contributed by atoms with E-state index in [2.05, 4.69) is 31.3 Å². The molecule has 1 aromatic heterocycles. The van der Waals surface area contributed by atoms with E-state index < -0.39 is 0 Å². The van der Waals surface area contributed by atoms with E-state index >= 15 is 0 Å². The highest BCUT2D eigenvalue weighted by Gasteiger charge is 2.35. The molecule has 2 amide bonds. The van der Waals surface area contributed by atoms with Crippen LogP contribution >= 0.6 is 15.9 Å². The maximum absolute atomic E-state index is 12.5. The second kappa shape index (κ2) is 7.93. The summed E-state index contributed by atoms with van der Waals surface area (Å²) in [6.07, 6.45) is 3.34. The van der Waals surface area contributed by atoms with Gasteiger partial charge in [0.2, 0.25) is 11.8 Å². The van der Waals surface area contributed by atoms with Gasteiger partial charge >= 0.3 is 0 Å². The molecular weight excluding hydrogens is 422 g/mol. The first-order chi connectivity index (χ1) is 13.6. The summed E-state index contributed by atoms with van der Waals surface area (Å²) in [5.41, 5.74) is 2.68. The minimum Gasteiger partial charge on any atom is -0.352 e. The van der Waals surface area contributed by atoms with E-state index in [4.69, 9.17) is 0 Å². The number of carbonyl (C=O) groups excluding carboxylic acids is 2. The van der Waals surface area contributed by atoms with Gasteiger partial charge in [0.1, 0.15) is 12.7 Å². The van der Waals surface area contributed by atoms with Crippen molar-refractivity contribution in [3.05, 3.63) is 71.2 Å². The van der Waals surface area contributed by atoms with Crippen LogP contribution in [-0.2, 0) is 16.1 Å². The summed E-state index contributed by atoms with van der Waals surface area (Å²) < 4.78 is 2.57. The molecule has 1 N–H and O–H groups in total. The SMILES string of the molecule is O=C(NCc1ccc(-n2cncn2)cc1)C1CC(=O)N(c2cccc(Br)c2)C1. The van der Waals surface area contributed by atoms with E-state index in [9.17, 15) is 9.59 Å². The first-order valence-electron chi connectivity index (χ1n) is 8.88. The van der Waals surface area contributed by atoms with Crippen molar-refractivity contribution < 1.29 is 9.59 Å². The molecule has 0 bridgehead atoms. The van der Waals surface area contributed by atoms with Crippen LogP contribution in [0.15, 0.2) is 65.7 Å². The van der Waals surface area contributed by atoms with Gasteiger partial charge in [0.25, 0.3) is 0 Å². The van der Waals surface area contributed by atoms with Gasteiger partial charge in [-0.2, -0.15) is 5.10 Å². The number of benzene rings is 2. The zero-order valence-corrected chi connectivity index (χ0v) is 16.5. The predicted octanol–water partition coefficient (Wildman–Crippen LogP) is 2.70. The van der Waals surface area contributed by atoms with Crippen molar-refractivity contribution >= 4 is 33.4 Å². The number of nitrogens with one attached hydrogen (secondary N) is 1. The Morgan fingerprint density at radius 3 is 2.71 bits per heavy atom. The second-order valence-corrected chi connectivity index (χ2v) is 7.53. The van der Waals surface area contributed by atoms with Gasteiger partial charge in [0.05, 0.1) is 11.6 Å². The first-order valence-corrected chi connectivity index (χ1v) is 9.67. The standard InChI is InChI=1S/C20H18BrN5O2/c21-16-2-1-3-18(9-16)25-11-15(8-19(25)27)20(28)23-10-14-4-6-17(7-5-14)26-13-22-12-24-26/h1-7,9,12-13,15H,8,10-11H2,(H,23,28). The summed E-state index contributed by atoms with van der Waals surface area (Å²) in [5, 5.41) is 7.02. The molecule has 1 aliphatic heterocycles. The third kappa shape index (κ3) is 3.96. The van der Waals surface area contributed by atoms with Crippen LogP contribution in [0.2, 0.25) is 0 Å². The summed E-state index contributed by atoms with van der Waals surface area (Å²) in [6, 6.07) is 15.3. The van der Waals surface area contributed by atoms with Gasteiger partial charge < -0.3 is 10.2 Å². The van der Waals surface area contributed by atoms with E-state index in [1.165, 1.54) is 6.33 Å². The maximum atomic E-state index is 12.5. The van der Waals surface area contributed by atoms with Gasteiger partial charge in [-0.1, -0.05) is 34.1 Å². The van der Waals surface area contributed by atoms with Gasteiger partial charge in [0, 0.05) is 29.7 Å². The molecule has 7 nitrogen and oxygen atoms in total. The predicted molar refractivity (Wildman–Crippen MR) is 108 cm³/mol. The van der Waals surface area contributed by atoms with Gasteiger partial charge in [-0.05, 0) is 35.9 Å². The van der Waals surface area contributed by atoms with Crippen LogP contribution in [0.1, 0.15) is 12.0 Å². The molecule has 142 valence electrons. The van der Waals surface area contributed by atoms with E-state index in [1.807, 2.05) is 48.5 Å². The molecule has 0 radical (unpaired) electrons. The number of aromatic nitrogens is 3. The average Bonchev–Trinajstić information content (AvgIpc) is 3.36. The summed E-state index contributed by atoms with van der Waals surface area (Å²) in [6.45, 7) is 0.810. The van der Waals surface area contributed by atoms with Crippen molar-refractivity contribution in [1.29, 1.82) is 0 Å². The Bertz CT molecular complexity index is 988. The molecule has 28 heavy (non-hydrogen) atoms. The monoisotopic (exact) mass is 439 g/mol. The maximum Gasteiger partial charge on any atom is 0.227 e. The highest BCUT2D eigenvalue weighted by atomic mass is 79.9. The van der Waals surface area contributed by atoms with Crippen LogP contribution in [0, 0.1) is 5.92 Å². The van der Waals surface area contributed by atoms with Crippen molar-refractivity contribution in [1.82, 2.24) is 20.1 Å². The quantitative estimate of drug-likeness (QED) is 0.662. The van der Waals surface area contributed by atoms with Gasteiger partial charge in [0.15, 0.2) is 0 Å². The topological polar surface area (TPSA) is 80.1 Å². The second-order valence-electron chi connectivity index (χ2n) is 6.61. The molecule has 0 aliphatic carbocycles. The Balaban J connectivity index is 1.35.